The molecule has 2 heterocycles. The van der Waals surface area contributed by atoms with Crippen LogP contribution < -0.4 is 10.9 Å². The van der Waals surface area contributed by atoms with E-state index in [1.54, 1.807) is 11.1 Å². The van der Waals surface area contributed by atoms with E-state index in [2.05, 4.69) is 5.32 Å². The number of aliphatic hydroxyl groups excluding tert-OH is 1. The van der Waals surface area contributed by atoms with Gasteiger partial charge < -0.3 is 24.6 Å². The van der Waals surface area contributed by atoms with E-state index in [9.17, 15) is 14.4 Å². The number of rotatable bonds is 9. The minimum atomic E-state index is -0.682. The topological polar surface area (TPSA) is 101 Å². The Labute approximate surface area is 222 Å². The minimum Gasteiger partial charge on any atom is -0.395 e. The third kappa shape index (κ3) is 6.57. The van der Waals surface area contributed by atoms with Gasteiger partial charge in [-0.1, -0.05) is 67.6 Å². The molecule has 0 spiro atoms. The molecule has 38 heavy (non-hydrogen) atoms. The van der Waals surface area contributed by atoms with Gasteiger partial charge in [-0.05, 0) is 30.4 Å². The number of benzene rings is 2. The average Bonchev–Trinajstić information content (AvgIpc) is 2.93. The molecule has 2 atom stereocenters. The largest absolute Gasteiger partial charge is 0.395 e. The number of pyridine rings is 1. The van der Waals surface area contributed by atoms with E-state index in [-0.39, 0.29) is 49.7 Å². The van der Waals surface area contributed by atoms with Crippen LogP contribution in [0.5, 0.6) is 0 Å². The van der Waals surface area contributed by atoms with Crippen LogP contribution in [-0.2, 0) is 16.1 Å². The molecule has 1 fully saturated rings. The smallest absolute Gasteiger partial charge is 0.253 e. The third-order valence-electron chi connectivity index (χ3n) is 7.04. The summed E-state index contributed by atoms with van der Waals surface area (Å²) >= 11 is 0. The summed E-state index contributed by atoms with van der Waals surface area (Å²) < 4.78 is 7.63. The molecule has 1 saturated heterocycles. The molecule has 0 saturated carbocycles. The zero-order chi connectivity index (χ0) is 27.1. The van der Waals surface area contributed by atoms with E-state index in [0.717, 1.165) is 11.1 Å². The summed E-state index contributed by atoms with van der Waals surface area (Å²) in [4.78, 5) is 40.7. The van der Waals surface area contributed by atoms with Gasteiger partial charge in [0.2, 0.25) is 5.91 Å². The van der Waals surface area contributed by atoms with Gasteiger partial charge >= 0.3 is 0 Å². The van der Waals surface area contributed by atoms with Crippen molar-refractivity contribution in [3.8, 4) is 11.1 Å². The third-order valence-corrected chi connectivity index (χ3v) is 7.04. The van der Waals surface area contributed by atoms with Gasteiger partial charge in [0.15, 0.2) is 0 Å². The number of carbonyl (C=O) groups is 2. The lowest BCUT2D eigenvalue weighted by atomic mass is 9.96. The first kappa shape index (κ1) is 27.3. The lowest BCUT2D eigenvalue weighted by Crippen LogP contribution is -2.50. The van der Waals surface area contributed by atoms with Crippen molar-refractivity contribution in [3.05, 3.63) is 94.4 Å². The van der Waals surface area contributed by atoms with Crippen molar-refractivity contribution < 1.29 is 19.4 Å². The number of nitrogens with zero attached hydrogens (tertiary/aromatic N) is 2. The first-order valence-electron chi connectivity index (χ1n) is 13.0. The molecule has 0 radical (unpaired) electrons. The highest BCUT2D eigenvalue weighted by atomic mass is 16.5. The van der Waals surface area contributed by atoms with Crippen LogP contribution in [0, 0.1) is 0 Å². The fraction of sp³-hybridized carbons (Fsp3) is 0.367. The van der Waals surface area contributed by atoms with E-state index in [0.29, 0.717) is 30.5 Å². The molecule has 3 aromatic rings. The lowest BCUT2D eigenvalue weighted by molar-refractivity contribution is -0.163. The molecule has 2 amide bonds. The number of aromatic nitrogens is 1. The highest BCUT2D eigenvalue weighted by Crippen LogP contribution is 2.27. The second-order valence-electron chi connectivity index (χ2n) is 10.1. The second-order valence-corrected chi connectivity index (χ2v) is 10.1. The number of hydrogen-bond donors (Lipinski definition) is 2. The summed E-state index contributed by atoms with van der Waals surface area (Å²) in [5.74, 6) is -0.226. The predicted octanol–water partition coefficient (Wildman–Crippen LogP) is 3.40. The number of carbonyl (C=O) groups excluding carboxylic acids is 2. The van der Waals surface area contributed by atoms with E-state index >= 15 is 0 Å². The van der Waals surface area contributed by atoms with Crippen molar-refractivity contribution in [1.29, 1.82) is 0 Å². The van der Waals surface area contributed by atoms with Crippen LogP contribution in [0.25, 0.3) is 11.1 Å². The van der Waals surface area contributed by atoms with E-state index in [4.69, 9.17) is 9.84 Å². The summed E-state index contributed by atoms with van der Waals surface area (Å²) in [6.45, 7) is 4.81. The van der Waals surface area contributed by atoms with Crippen LogP contribution in [-0.4, -0.2) is 58.4 Å². The molecule has 1 aliphatic heterocycles. The number of amides is 2. The molecule has 2 N–H and O–H groups in total. The van der Waals surface area contributed by atoms with Gasteiger partial charge in [-0.2, -0.15) is 0 Å². The molecular formula is C30H35N3O5. The van der Waals surface area contributed by atoms with Gasteiger partial charge in [-0.25, -0.2) is 0 Å². The fourth-order valence-electron chi connectivity index (χ4n) is 4.71. The van der Waals surface area contributed by atoms with Gasteiger partial charge in [0.05, 0.1) is 24.3 Å². The van der Waals surface area contributed by atoms with Crippen molar-refractivity contribution in [1.82, 2.24) is 14.8 Å². The lowest BCUT2D eigenvalue weighted by Gasteiger charge is -2.40. The summed E-state index contributed by atoms with van der Waals surface area (Å²) in [6.07, 6.45) is 2.51. The maximum Gasteiger partial charge on any atom is 0.253 e. The molecule has 1 unspecified atom stereocenters. The zero-order valence-corrected chi connectivity index (χ0v) is 21.9. The highest BCUT2D eigenvalue weighted by Gasteiger charge is 2.34. The number of ether oxygens (including phenoxy) is 1. The second kappa shape index (κ2) is 12.2. The minimum absolute atomic E-state index is 0.0376. The molecule has 200 valence electrons. The zero-order valence-electron chi connectivity index (χ0n) is 21.9. The van der Waals surface area contributed by atoms with Crippen LogP contribution in [0.3, 0.4) is 0 Å². The van der Waals surface area contributed by atoms with Gasteiger partial charge in [-0.3, -0.25) is 14.4 Å². The standard InChI is InChI=1S/C30H35N3O5/c1-22(23-9-5-3-6-10-23)17-27(35)32-15-13-30(2,38-21-32)20-33-19-26(29(37)31-14-16-34)25(18-28(33)36)24-11-7-4-8-12-24/h3-12,18-19,22,34H,13-17,20-21H2,1-2H3,(H,31,37)/t22-,30?/m1/s1. The van der Waals surface area contributed by atoms with Crippen molar-refractivity contribution >= 4 is 11.8 Å². The quantitative estimate of drug-likeness (QED) is 0.453. The highest BCUT2D eigenvalue weighted by molar-refractivity contribution is 6.00. The Morgan fingerprint density at radius 1 is 1.11 bits per heavy atom. The fourth-order valence-corrected chi connectivity index (χ4v) is 4.71. The Morgan fingerprint density at radius 2 is 1.79 bits per heavy atom. The van der Waals surface area contributed by atoms with Crippen molar-refractivity contribution in [2.75, 3.05) is 26.4 Å². The first-order valence-corrected chi connectivity index (χ1v) is 13.0. The summed E-state index contributed by atoms with van der Waals surface area (Å²) in [6, 6.07) is 20.7. The van der Waals surface area contributed by atoms with E-state index in [1.165, 1.54) is 10.6 Å². The van der Waals surface area contributed by atoms with Gasteiger partial charge in [-0.15, -0.1) is 0 Å². The molecule has 2 aromatic carbocycles. The Bertz CT molecular complexity index is 1300. The van der Waals surface area contributed by atoms with Gasteiger partial charge in [0, 0.05) is 37.3 Å². The SMILES string of the molecule is C[C@H](CC(=O)N1CCC(C)(Cn2cc(C(=O)NCCO)c(-c3ccccc3)cc2=O)OC1)c1ccccc1. The number of nitrogens with one attached hydrogen (secondary N) is 1. The molecule has 8 nitrogen and oxygen atoms in total. The Hall–Kier alpha value is -3.75. The van der Waals surface area contributed by atoms with Crippen LogP contribution in [0.1, 0.15) is 48.5 Å². The number of hydrogen-bond acceptors (Lipinski definition) is 5. The number of aliphatic hydroxyl groups is 1. The molecule has 1 aromatic heterocycles. The first-order chi connectivity index (χ1) is 18.3. The summed E-state index contributed by atoms with van der Waals surface area (Å²) in [5.41, 5.74) is 1.82. The summed E-state index contributed by atoms with van der Waals surface area (Å²) in [7, 11) is 0. The molecule has 1 aliphatic rings. The van der Waals surface area contributed by atoms with Gasteiger partial charge in [0.25, 0.3) is 11.5 Å². The van der Waals surface area contributed by atoms with E-state index in [1.807, 2.05) is 74.5 Å². The molecular weight excluding hydrogens is 482 g/mol. The normalized spacial score (nSPS) is 18.1. The molecule has 0 bridgehead atoms. The van der Waals surface area contributed by atoms with E-state index < -0.39 is 5.60 Å². The van der Waals surface area contributed by atoms with Crippen LogP contribution in [0.2, 0.25) is 0 Å². The van der Waals surface area contributed by atoms with Gasteiger partial charge in [0.1, 0.15) is 6.73 Å². The Morgan fingerprint density at radius 3 is 2.42 bits per heavy atom. The maximum absolute atomic E-state index is 13.1. The summed E-state index contributed by atoms with van der Waals surface area (Å²) in [5, 5.41) is 11.8. The Kier molecular flexibility index (Phi) is 8.76. The van der Waals surface area contributed by atoms with Crippen molar-refractivity contribution in [2.24, 2.45) is 0 Å². The van der Waals surface area contributed by atoms with Crippen LogP contribution in [0.4, 0.5) is 0 Å². The van der Waals surface area contributed by atoms with Crippen molar-refractivity contribution in [2.45, 2.75) is 44.8 Å². The predicted molar refractivity (Wildman–Crippen MR) is 146 cm³/mol. The van der Waals surface area contributed by atoms with Crippen LogP contribution >= 0.6 is 0 Å². The molecule has 0 aliphatic carbocycles. The van der Waals surface area contributed by atoms with Crippen molar-refractivity contribution in [3.63, 3.8) is 0 Å². The molecule has 4 rings (SSSR count). The maximum atomic E-state index is 13.1. The average molecular weight is 518 g/mol. The molecule has 8 heteroatoms. The van der Waals surface area contributed by atoms with Crippen LogP contribution in [0.15, 0.2) is 77.7 Å². The Balaban J connectivity index is 1.47. The monoisotopic (exact) mass is 517 g/mol.